The van der Waals surface area contributed by atoms with Crippen LogP contribution in [0.1, 0.15) is 39.0 Å². The first-order valence-electron chi connectivity index (χ1n) is 6.85. The SMILES string of the molecule is CCNC1CCCCCC1Sc1ccccc1. The maximum absolute atomic E-state index is 3.67. The van der Waals surface area contributed by atoms with Crippen LogP contribution in [0.5, 0.6) is 0 Å². The van der Waals surface area contributed by atoms with E-state index in [1.807, 2.05) is 0 Å². The molecule has 2 unspecified atom stereocenters. The summed E-state index contributed by atoms with van der Waals surface area (Å²) in [4.78, 5) is 1.42. The van der Waals surface area contributed by atoms with Crippen LogP contribution in [-0.4, -0.2) is 17.8 Å². The smallest absolute Gasteiger partial charge is 0.0248 e. The zero-order valence-electron chi connectivity index (χ0n) is 10.7. The lowest BCUT2D eigenvalue weighted by Crippen LogP contribution is -2.37. The van der Waals surface area contributed by atoms with E-state index < -0.39 is 0 Å². The molecule has 17 heavy (non-hydrogen) atoms. The quantitative estimate of drug-likeness (QED) is 0.807. The van der Waals surface area contributed by atoms with Crippen molar-refractivity contribution in [2.24, 2.45) is 0 Å². The van der Waals surface area contributed by atoms with Gasteiger partial charge in [0.15, 0.2) is 0 Å². The van der Waals surface area contributed by atoms with Gasteiger partial charge in [-0.15, -0.1) is 11.8 Å². The maximum Gasteiger partial charge on any atom is 0.0248 e. The minimum atomic E-state index is 0.702. The highest BCUT2D eigenvalue weighted by Crippen LogP contribution is 2.32. The summed E-state index contributed by atoms with van der Waals surface area (Å²) in [6.07, 6.45) is 6.90. The maximum atomic E-state index is 3.67. The van der Waals surface area contributed by atoms with Crippen LogP contribution >= 0.6 is 11.8 Å². The Kier molecular flexibility index (Phi) is 5.40. The highest BCUT2D eigenvalue weighted by Gasteiger charge is 2.23. The van der Waals surface area contributed by atoms with Crippen LogP contribution in [0.15, 0.2) is 35.2 Å². The second-order valence-corrected chi connectivity index (χ2v) is 6.08. The topological polar surface area (TPSA) is 12.0 Å². The average molecular weight is 249 g/mol. The number of hydrogen-bond donors (Lipinski definition) is 1. The Labute approximate surface area is 109 Å². The van der Waals surface area contributed by atoms with Gasteiger partial charge in [0, 0.05) is 16.2 Å². The summed E-state index contributed by atoms with van der Waals surface area (Å²) in [5, 5.41) is 4.42. The van der Waals surface area contributed by atoms with E-state index in [0.717, 1.165) is 11.8 Å². The molecule has 1 aromatic carbocycles. The van der Waals surface area contributed by atoms with Crippen LogP contribution in [0, 0.1) is 0 Å². The van der Waals surface area contributed by atoms with Gasteiger partial charge in [0.25, 0.3) is 0 Å². The van der Waals surface area contributed by atoms with Crippen LogP contribution in [0.3, 0.4) is 0 Å². The first-order valence-corrected chi connectivity index (χ1v) is 7.73. The van der Waals surface area contributed by atoms with Gasteiger partial charge >= 0.3 is 0 Å². The van der Waals surface area contributed by atoms with Gasteiger partial charge in [-0.25, -0.2) is 0 Å². The Bertz CT molecular complexity index is 312. The number of hydrogen-bond acceptors (Lipinski definition) is 2. The minimum Gasteiger partial charge on any atom is -0.313 e. The molecule has 1 fully saturated rings. The molecule has 2 heteroatoms. The standard InChI is InChI=1S/C15H23NS/c1-2-16-14-11-7-4-8-12-15(14)17-13-9-5-3-6-10-13/h3,5-6,9-10,14-16H,2,4,7-8,11-12H2,1H3. The fourth-order valence-corrected chi connectivity index (χ4v) is 3.93. The molecule has 1 aliphatic rings. The van der Waals surface area contributed by atoms with Crippen molar-refractivity contribution in [2.75, 3.05) is 6.54 Å². The van der Waals surface area contributed by atoms with Gasteiger partial charge < -0.3 is 5.32 Å². The Morgan fingerprint density at radius 2 is 1.88 bits per heavy atom. The van der Waals surface area contributed by atoms with E-state index in [2.05, 4.69) is 54.3 Å². The first-order chi connectivity index (χ1) is 8.40. The van der Waals surface area contributed by atoms with E-state index in [9.17, 15) is 0 Å². The van der Waals surface area contributed by atoms with E-state index in [0.29, 0.717) is 6.04 Å². The molecule has 0 amide bonds. The van der Waals surface area contributed by atoms with E-state index >= 15 is 0 Å². The lowest BCUT2D eigenvalue weighted by atomic mass is 10.1. The molecule has 0 aromatic heterocycles. The van der Waals surface area contributed by atoms with Crippen molar-refractivity contribution in [3.05, 3.63) is 30.3 Å². The van der Waals surface area contributed by atoms with Crippen molar-refractivity contribution in [3.8, 4) is 0 Å². The molecule has 0 saturated heterocycles. The highest BCUT2D eigenvalue weighted by atomic mass is 32.2. The van der Waals surface area contributed by atoms with Crippen LogP contribution in [0.25, 0.3) is 0 Å². The predicted molar refractivity (Wildman–Crippen MR) is 76.6 cm³/mol. The van der Waals surface area contributed by atoms with Crippen molar-refractivity contribution in [1.29, 1.82) is 0 Å². The fraction of sp³-hybridized carbons (Fsp3) is 0.600. The van der Waals surface area contributed by atoms with Gasteiger partial charge in [0.1, 0.15) is 0 Å². The van der Waals surface area contributed by atoms with Crippen molar-refractivity contribution in [2.45, 2.75) is 55.2 Å². The Morgan fingerprint density at radius 1 is 1.12 bits per heavy atom. The molecule has 0 bridgehead atoms. The van der Waals surface area contributed by atoms with Crippen molar-refractivity contribution < 1.29 is 0 Å². The summed E-state index contributed by atoms with van der Waals surface area (Å²) >= 11 is 2.06. The molecular formula is C15H23NS. The van der Waals surface area contributed by atoms with Crippen molar-refractivity contribution in [3.63, 3.8) is 0 Å². The molecule has 94 valence electrons. The minimum absolute atomic E-state index is 0.702. The van der Waals surface area contributed by atoms with Crippen LogP contribution < -0.4 is 5.32 Å². The predicted octanol–water partition coefficient (Wildman–Crippen LogP) is 4.09. The van der Waals surface area contributed by atoms with Gasteiger partial charge in [0.05, 0.1) is 0 Å². The molecule has 2 rings (SSSR count). The zero-order valence-corrected chi connectivity index (χ0v) is 11.5. The molecule has 2 atom stereocenters. The fourth-order valence-electron chi connectivity index (χ4n) is 2.58. The number of benzene rings is 1. The van der Waals surface area contributed by atoms with E-state index in [1.165, 1.54) is 37.0 Å². The summed E-state index contributed by atoms with van der Waals surface area (Å²) in [6.45, 7) is 3.31. The molecule has 1 nitrogen and oxygen atoms in total. The first kappa shape index (κ1) is 13.0. The molecule has 0 heterocycles. The molecule has 0 radical (unpaired) electrons. The van der Waals surface area contributed by atoms with Crippen LogP contribution in [0.4, 0.5) is 0 Å². The zero-order chi connectivity index (χ0) is 11.9. The monoisotopic (exact) mass is 249 g/mol. The van der Waals surface area contributed by atoms with Crippen LogP contribution in [0.2, 0.25) is 0 Å². The summed E-state index contributed by atoms with van der Waals surface area (Å²) in [6, 6.07) is 11.5. The molecule has 1 aliphatic carbocycles. The average Bonchev–Trinajstić information content (AvgIpc) is 2.57. The van der Waals surface area contributed by atoms with Gasteiger partial charge in [-0.1, -0.05) is 44.4 Å². The van der Waals surface area contributed by atoms with E-state index in [-0.39, 0.29) is 0 Å². The summed E-state index contributed by atoms with van der Waals surface area (Å²) in [5.41, 5.74) is 0. The largest absolute Gasteiger partial charge is 0.313 e. The third kappa shape index (κ3) is 4.04. The summed E-state index contributed by atoms with van der Waals surface area (Å²) in [5.74, 6) is 0. The van der Waals surface area contributed by atoms with Gasteiger partial charge in [-0.2, -0.15) is 0 Å². The molecule has 1 saturated carbocycles. The molecule has 0 aliphatic heterocycles. The van der Waals surface area contributed by atoms with Crippen LogP contribution in [-0.2, 0) is 0 Å². The van der Waals surface area contributed by atoms with Gasteiger partial charge in [-0.3, -0.25) is 0 Å². The highest BCUT2D eigenvalue weighted by molar-refractivity contribution is 8.00. The lowest BCUT2D eigenvalue weighted by Gasteiger charge is -2.25. The number of thioether (sulfide) groups is 1. The second-order valence-electron chi connectivity index (χ2n) is 4.77. The Balaban J connectivity index is 1.99. The van der Waals surface area contributed by atoms with Crippen molar-refractivity contribution in [1.82, 2.24) is 5.32 Å². The van der Waals surface area contributed by atoms with Gasteiger partial charge in [0.2, 0.25) is 0 Å². The molecular weight excluding hydrogens is 226 g/mol. The third-order valence-corrected chi connectivity index (χ3v) is 4.86. The lowest BCUT2D eigenvalue weighted by molar-refractivity contribution is 0.482. The van der Waals surface area contributed by atoms with E-state index in [1.54, 1.807) is 0 Å². The molecule has 0 spiro atoms. The number of rotatable bonds is 4. The summed E-state index contributed by atoms with van der Waals surface area (Å²) in [7, 11) is 0. The van der Waals surface area contributed by atoms with Crippen molar-refractivity contribution >= 4 is 11.8 Å². The summed E-state index contributed by atoms with van der Waals surface area (Å²) < 4.78 is 0. The third-order valence-electron chi connectivity index (χ3n) is 3.45. The normalized spacial score (nSPS) is 25.5. The number of nitrogens with one attached hydrogen (secondary N) is 1. The van der Waals surface area contributed by atoms with E-state index in [4.69, 9.17) is 0 Å². The second kappa shape index (κ2) is 7.07. The molecule has 1 aromatic rings. The Hall–Kier alpha value is -0.470. The molecule has 1 N–H and O–H groups in total. The van der Waals surface area contributed by atoms with Gasteiger partial charge in [-0.05, 0) is 31.5 Å². The Morgan fingerprint density at radius 3 is 2.65 bits per heavy atom.